The van der Waals surface area contributed by atoms with Crippen molar-refractivity contribution in [1.29, 1.82) is 0 Å². The summed E-state index contributed by atoms with van der Waals surface area (Å²) in [5.41, 5.74) is 4.39. The fourth-order valence-corrected chi connectivity index (χ4v) is 3.74. The molecule has 2 aromatic heterocycles. The maximum atomic E-state index is 13.0. The average molecular weight is 497 g/mol. The fraction of sp³-hybridized carbons (Fsp3) is 0.241. The monoisotopic (exact) mass is 496 g/mol. The van der Waals surface area contributed by atoms with Crippen molar-refractivity contribution < 1.29 is 9.59 Å². The van der Waals surface area contributed by atoms with Crippen molar-refractivity contribution in [2.75, 3.05) is 10.6 Å². The van der Waals surface area contributed by atoms with E-state index < -0.39 is 0 Å². The number of benzene rings is 2. The van der Waals surface area contributed by atoms with Crippen LogP contribution >= 0.6 is 0 Å². The number of nitrogens with zero attached hydrogens (tertiary/aromatic N) is 3. The highest BCUT2D eigenvalue weighted by Gasteiger charge is 2.20. The zero-order valence-electron chi connectivity index (χ0n) is 21.6. The Balaban J connectivity index is 1.74. The quantitative estimate of drug-likeness (QED) is 0.287. The number of carbonyl (C=O) groups excluding carboxylic acids is 2. The number of imidazole rings is 1. The van der Waals surface area contributed by atoms with Crippen LogP contribution in [0, 0.1) is 5.41 Å². The van der Waals surface area contributed by atoms with Gasteiger partial charge in [0.2, 0.25) is 11.9 Å². The van der Waals surface area contributed by atoms with Gasteiger partial charge in [0.25, 0.3) is 5.91 Å². The molecule has 4 rings (SSSR count). The molecule has 0 unspecified atom stereocenters. The highest BCUT2D eigenvalue weighted by atomic mass is 16.2. The summed E-state index contributed by atoms with van der Waals surface area (Å²) in [6.07, 6.45) is 2.79. The Morgan fingerprint density at radius 3 is 2.57 bits per heavy atom. The molecule has 2 aromatic carbocycles. The second-order valence-electron chi connectivity index (χ2n) is 9.98. The lowest BCUT2D eigenvalue weighted by Gasteiger charge is -2.28. The van der Waals surface area contributed by atoms with Gasteiger partial charge in [-0.05, 0) is 66.4 Å². The molecular formula is C29H32N6O2. The lowest BCUT2D eigenvalue weighted by atomic mass is 9.88. The number of nitrogens with one attached hydrogen (secondary N) is 3. The Kier molecular flexibility index (Phi) is 7.50. The third-order valence-corrected chi connectivity index (χ3v) is 6.31. The Hall–Kier alpha value is -4.30. The summed E-state index contributed by atoms with van der Waals surface area (Å²) in [6, 6.07) is 18.9. The van der Waals surface area contributed by atoms with Gasteiger partial charge in [0.1, 0.15) is 5.69 Å². The van der Waals surface area contributed by atoms with Gasteiger partial charge < -0.3 is 10.6 Å². The first-order valence-electron chi connectivity index (χ1n) is 12.2. The third-order valence-electron chi connectivity index (χ3n) is 6.31. The van der Waals surface area contributed by atoms with Gasteiger partial charge >= 0.3 is 0 Å². The third kappa shape index (κ3) is 6.10. The van der Waals surface area contributed by atoms with Crippen molar-refractivity contribution in [3.05, 3.63) is 90.8 Å². The second kappa shape index (κ2) is 10.8. The molecule has 2 amide bonds. The molecule has 1 atom stereocenters. The van der Waals surface area contributed by atoms with Crippen molar-refractivity contribution in [3.63, 3.8) is 0 Å². The smallest absolute Gasteiger partial charge is 0.276 e. The van der Waals surface area contributed by atoms with E-state index in [1.165, 1.54) is 6.08 Å². The van der Waals surface area contributed by atoms with E-state index in [4.69, 9.17) is 4.98 Å². The van der Waals surface area contributed by atoms with E-state index in [9.17, 15) is 9.59 Å². The first kappa shape index (κ1) is 25.8. The molecular weight excluding hydrogens is 464 g/mol. The molecule has 0 spiro atoms. The molecule has 0 fully saturated rings. The summed E-state index contributed by atoms with van der Waals surface area (Å²) < 4.78 is 1.86. The van der Waals surface area contributed by atoms with E-state index in [-0.39, 0.29) is 22.9 Å². The van der Waals surface area contributed by atoms with Crippen LogP contribution in [0.1, 0.15) is 43.7 Å². The highest BCUT2D eigenvalue weighted by Crippen LogP contribution is 2.28. The molecule has 8 nitrogen and oxygen atoms in total. The largest absolute Gasteiger partial charge is 0.322 e. The number of rotatable bonds is 8. The molecule has 0 aliphatic carbocycles. The summed E-state index contributed by atoms with van der Waals surface area (Å²) in [5.74, 6) is -0.321. The number of pyridine rings is 1. The molecule has 0 bridgehead atoms. The van der Waals surface area contributed by atoms with Crippen LogP contribution < -0.4 is 16.0 Å². The standard InChI is InChI=1S/C29H32N6O2/c1-6-26(36)32-21-10-9-11-22(17-21)35-25-14-13-20(18-31-19(2)29(3,4)5)16-24(25)33-28(35)34-27(37)23-12-7-8-15-30-23/h6-17,19,31H,1,18H2,2-5H3,(H,32,36)(H,33,34,37)/t19-/m0/s1. The second-order valence-corrected chi connectivity index (χ2v) is 9.98. The fourth-order valence-electron chi connectivity index (χ4n) is 3.74. The number of hydrogen-bond acceptors (Lipinski definition) is 5. The van der Waals surface area contributed by atoms with Gasteiger partial charge in [-0.15, -0.1) is 0 Å². The van der Waals surface area contributed by atoms with Gasteiger partial charge in [-0.25, -0.2) is 4.98 Å². The minimum absolute atomic E-state index is 0.140. The van der Waals surface area contributed by atoms with Crippen molar-refractivity contribution in [3.8, 4) is 5.69 Å². The van der Waals surface area contributed by atoms with Crippen molar-refractivity contribution >= 4 is 34.5 Å². The predicted molar refractivity (Wildman–Crippen MR) is 148 cm³/mol. The molecule has 2 heterocycles. The molecule has 0 radical (unpaired) electrons. The molecule has 8 heteroatoms. The first-order valence-corrected chi connectivity index (χ1v) is 12.2. The van der Waals surface area contributed by atoms with Crippen LogP contribution in [0.4, 0.5) is 11.6 Å². The number of hydrogen-bond donors (Lipinski definition) is 3. The average Bonchev–Trinajstić information content (AvgIpc) is 3.24. The van der Waals surface area contributed by atoms with E-state index in [0.29, 0.717) is 24.2 Å². The van der Waals surface area contributed by atoms with Crippen molar-refractivity contribution in [2.24, 2.45) is 5.41 Å². The molecule has 4 aromatic rings. The van der Waals surface area contributed by atoms with E-state index in [2.05, 4.69) is 61.3 Å². The number of amides is 2. The van der Waals surface area contributed by atoms with Crippen LogP contribution in [0.25, 0.3) is 16.7 Å². The summed E-state index contributed by atoms with van der Waals surface area (Å²) in [6.45, 7) is 13.0. The minimum atomic E-state index is -0.367. The van der Waals surface area contributed by atoms with Gasteiger partial charge in [-0.3, -0.25) is 24.5 Å². The van der Waals surface area contributed by atoms with E-state index in [0.717, 1.165) is 22.3 Å². The predicted octanol–water partition coefficient (Wildman–Crippen LogP) is 5.32. The summed E-state index contributed by atoms with van der Waals surface area (Å²) in [4.78, 5) is 33.7. The van der Waals surface area contributed by atoms with Gasteiger partial charge in [0.15, 0.2) is 0 Å². The maximum Gasteiger partial charge on any atom is 0.276 e. The zero-order chi connectivity index (χ0) is 26.6. The Morgan fingerprint density at radius 1 is 1.05 bits per heavy atom. The highest BCUT2D eigenvalue weighted by molar-refractivity contribution is 6.03. The molecule has 0 aliphatic heterocycles. The molecule has 37 heavy (non-hydrogen) atoms. The van der Waals surface area contributed by atoms with Gasteiger partial charge in [-0.1, -0.05) is 45.5 Å². The van der Waals surface area contributed by atoms with Gasteiger partial charge in [0.05, 0.1) is 16.7 Å². The zero-order valence-corrected chi connectivity index (χ0v) is 21.6. The van der Waals surface area contributed by atoms with Gasteiger partial charge in [0, 0.05) is 24.5 Å². The topological polar surface area (TPSA) is 101 Å². The number of aromatic nitrogens is 3. The molecule has 190 valence electrons. The van der Waals surface area contributed by atoms with E-state index in [1.807, 2.05) is 34.9 Å². The van der Waals surface area contributed by atoms with E-state index >= 15 is 0 Å². The van der Waals surface area contributed by atoms with Crippen LogP contribution in [0.2, 0.25) is 0 Å². The van der Waals surface area contributed by atoms with Crippen LogP contribution in [-0.4, -0.2) is 32.4 Å². The lowest BCUT2D eigenvalue weighted by Crippen LogP contribution is -2.37. The Bertz CT molecular complexity index is 1440. The molecule has 0 saturated heterocycles. The van der Waals surface area contributed by atoms with Crippen molar-refractivity contribution in [2.45, 2.75) is 40.3 Å². The molecule has 0 aliphatic rings. The van der Waals surface area contributed by atoms with Crippen LogP contribution in [0.15, 0.2) is 79.5 Å². The number of fused-ring (bicyclic) bond motifs is 1. The summed E-state index contributed by atoms with van der Waals surface area (Å²) in [7, 11) is 0. The first-order chi connectivity index (χ1) is 17.7. The summed E-state index contributed by atoms with van der Waals surface area (Å²) in [5, 5.41) is 9.27. The maximum absolute atomic E-state index is 13.0. The van der Waals surface area contributed by atoms with E-state index in [1.54, 1.807) is 30.5 Å². The Labute approximate surface area is 216 Å². The van der Waals surface area contributed by atoms with Crippen molar-refractivity contribution in [1.82, 2.24) is 19.9 Å². The van der Waals surface area contributed by atoms with Gasteiger partial charge in [-0.2, -0.15) is 0 Å². The Morgan fingerprint density at radius 2 is 1.86 bits per heavy atom. The van der Waals surface area contributed by atoms with Crippen LogP contribution in [-0.2, 0) is 11.3 Å². The summed E-state index contributed by atoms with van der Waals surface area (Å²) >= 11 is 0. The minimum Gasteiger partial charge on any atom is -0.322 e. The SMILES string of the molecule is C=CC(=O)Nc1cccc(-n2c(NC(=O)c3ccccn3)nc3cc(CN[C@@H](C)C(C)(C)C)ccc32)c1. The number of carbonyl (C=O) groups is 2. The number of anilines is 2. The van der Waals surface area contributed by atoms with Crippen LogP contribution in [0.5, 0.6) is 0 Å². The molecule has 0 saturated carbocycles. The lowest BCUT2D eigenvalue weighted by molar-refractivity contribution is -0.111. The van der Waals surface area contributed by atoms with Crippen LogP contribution in [0.3, 0.4) is 0 Å². The normalized spacial score (nSPS) is 12.2. The molecule has 3 N–H and O–H groups in total.